The Balaban J connectivity index is 2.59. The topological polar surface area (TPSA) is 25.8 Å². The van der Waals surface area contributed by atoms with Crippen molar-refractivity contribution >= 4 is 27.5 Å². The minimum absolute atomic E-state index is 0.198. The van der Waals surface area contributed by atoms with E-state index in [4.69, 9.17) is 11.6 Å². The summed E-state index contributed by atoms with van der Waals surface area (Å²) in [5, 5.41) is 0.342. The van der Waals surface area contributed by atoms with Gasteiger partial charge in [-0.15, -0.1) is 0 Å². The first-order chi connectivity index (χ1) is 8.90. The van der Waals surface area contributed by atoms with E-state index in [2.05, 4.69) is 25.9 Å². The minimum Gasteiger partial charge on any atom is -0.232 e. The molecule has 5 heteroatoms. The van der Waals surface area contributed by atoms with Gasteiger partial charge in [-0.3, -0.25) is 0 Å². The van der Waals surface area contributed by atoms with Gasteiger partial charge in [0.25, 0.3) is 0 Å². The van der Waals surface area contributed by atoms with Crippen molar-refractivity contribution in [2.24, 2.45) is 0 Å². The zero-order valence-corrected chi connectivity index (χ0v) is 13.2. The Bertz CT molecular complexity index is 629. The van der Waals surface area contributed by atoms with Crippen LogP contribution in [-0.2, 0) is 0 Å². The zero-order valence-electron chi connectivity index (χ0n) is 10.8. The minimum atomic E-state index is -0.272. The lowest BCUT2D eigenvalue weighted by Gasteiger charge is -2.11. The molecule has 0 N–H and O–H groups in total. The molecule has 2 rings (SSSR count). The highest BCUT2D eigenvalue weighted by Crippen LogP contribution is 2.31. The SMILES string of the molecule is Cc1ccc(-c2nc(Cl)c(Br)c(C(C)C)n2)cc1F. The van der Waals surface area contributed by atoms with Crippen LogP contribution in [0.5, 0.6) is 0 Å². The van der Waals surface area contributed by atoms with Crippen molar-refractivity contribution in [2.45, 2.75) is 26.7 Å². The Morgan fingerprint density at radius 1 is 1.26 bits per heavy atom. The van der Waals surface area contributed by atoms with Gasteiger partial charge in [0.15, 0.2) is 5.82 Å². The molecule has 1 aromatic heterocycles. The summed E-state index contributed by atoms with van der Waals surface area (Å²) in [7, 11) is 0. The maximum atomic E-state index is 13.6. The molecule has 0 aliphatic rings. The van der Waals surface area contributed by atoms with E-state index >= 15 is 0 Å². The smallest absolute Gasteiger partial charge is 0.161 e. The molecule has 1 aromatic carbocycles. The van der Waals surface area contributed by atoms with Crippen LogP contribution >= 0.6 is 27.5 Å². The molecule has 0 aliphatic heterocycles. The Hall–Kier alpha value is -1.00. The van der Waals surface area contributed by atoms with Gasteiger partial charge in [0, 0.05) is 5.56 Å². The number of hydrogen-bond acceptors (Lipinski definition) is 2. The van der Waals surface area contributed by atoms with Gasteiger partial charge in [-0.2, -0.15) is 0 Å². The van der Waals surface area contributed by atoms with Crippen molar-refractivity contribution in [2.75, 3.05) is 0 Å². The van der Waals surface area contributed by atoms with Gasteiger partial charge < -0.3 is 0 Å². The molecule has 19 heavy (non-hydrogen) atoms. The van der Waals surface area contributed by atoms with Crippen LogP contribution in [0.1, 0.15) is 31.0 Å². The average Bonchev–Trinajstić information content (AvgIpc) is 2.35. The fourth-order valence-corrected chi connectivity index (χ4v) is 2.49. The van der Waals surface area contributed by atoms with Crippen molar-refractivity contribution in [3.05, 3.63) is 44.9 Å². The summed E-state index contributed by atoms with van der Waals surface area (Å²) < 4.78 is 14.3. The van der Waals surface area contributed by atoms with Crippen LogP contribution in [0, 0.1) is 12.7 Å². The number of rotatable bonds is 2. The fourth-order valence-electron chi connectivity index (χ4n) is 1.68. The predicted octanol–water partition coefficient (Wildman–Crippen LogP) is 5.13. The van der Waals surface area contributed by atoms with Gasteiger partial charge in [-0.05, 0) is 40.4 Å². The van der Waals surface area contributed by atoms with Crippen LogP contribution in [0.3, 0.4) is 0 Å². The first-order valence-corrected chi connectivity index (χ1v) is 7.06. The second-order valence-corrected chi connectivity index (χ2v) is 5.81. The molecule has 1 heterocycles. The molecule has 0 spiro atoms. The van der Waals surface area contributed by atoms with Crippen LogP contribution < -0.4 is 0 Å². The van der Waals surface area contributed by atoms with Crippen LogP contribution in [0.4, 0.5) is 4.39 Å². The van der Waals surface area contributed by atoms with E-state index in [0.29, 0.717) is 26.6 Å². The predicted molar refractivity (Wildman–Crippen MR) is 79.0 cm³/mol. The van der Waals surface area contributed by atoms with Crippen molar-refractivity contribution in [1.29, 1.82) is 0 Å². The first kappa shape index (κ1) is 14.4. The van der Waals surface area contributed by atoms with E-state index in [9.17, 15) is 4.39 Å². The van der Waals surface area contributed by atoms with Crippen LogP contribution in [0.15, 0.2) is 22.7 Å². The van der Waals surface area contributed by atoms with Gasteiger partial charge in [0.05, 0.1) is 10.2 Å². The third-order valence-corrected chi connectivity index (χ3v) is 4.10. The lowest BCUT2D eigenvalue weighted by molar-refractivity contribution is 0.619. The highest BCUT2D eigenvalue weighted by atomic mass is 79.9. The summed E-state index contributed by atoms with van der Waals surface area (Å²) in [6, 6.07) is 4.93. The van der Waals surface area contributed by atoms with Crippen molar-refractivity contribution < 1.29 is 4.39 Å². The molecular weight excluding hydrogens is 331 g/mol. The molecule has 0 atom stereocenters. The van der Waals surface area contributed by atoms with Crippen molar-refractivity contribution in [1.82, 2.24) is 9.97 Å². The Kier molecular flexibility index (Phi) is 4.21. The molecule has 0 bridgehead atoms. The summed E-state index contributed by atoms with van der Waals surface area (Å²) >= 11 is 9.47. The molecule has 0 fully saturated rings. The highest BCUT2D eigenvalue weighted by Gasteiger charge is 2.15. The molecule has 2 nitrogen and oxygen atoms in total. The van der Waals surface area contributed by atoms with E-state index in [1.807, 2.05) is 13.8 Å². The van der Waals surface area contributed by atoms with E-state index in [0.717, 1.165) is 5.69 Å². The van der Waals surface area contributed by atoms with Crippen LogP contribution in [-0.4, -0.2) is 9.97 Å². The van der Waals surface area contributed by atoms with E-state index in [1.165, 1.54) is 6.07 Å². The van der Waals surface area contributed by atoms with E-state index in [1.54, 1.807) is 19.1 Å². The molecule has 0 unspecified atom stereocenters. The molecule has 2 aromatic rings. The van der Waals surface area contributed by atoms with Gasteiger partial charge >= 0.3 is 0 Å². The normalized spacial score (nSPS) is 11.1. The third-order valence-electron chi connectivity index (χ3n) is 2.81. The number of halogens is 3. The number of hydrogen-bond donors (Lipinski definition) is 0. The summed E-state index contributed by atoms with van der Waals surface area (Å²) in [6.45, 7) is 5.75. The molecular formula is C14H13BrClFN2. The Morgan fingerprint density at radius 2 is 1.95 bits per heavy atom. The van der Waals surface area contributed by atoms with Crippen molar-refractivity contribution in [3.8, 4) is 11.4 Å². The maximum Gasteiger partial charge on any atom is 0.161 e. The van der Waals surface area contributed by atoms with Gasteiger partial charge in [0.2, 0.25) is 0 Å². The number of benzene rings is 1. The summed E-state index contributed by atoms with van der Waals surface area (Å²) in [5.41, 5.74) is 2.03. The number of aromatic nitrogens is 2. The van der Waals surface area contributed by atoms with E-state index < -0.39 is 0 Å². The Morgan fingerprint density at radius 3 is 2.53 bits per heavy atom. The largest absolute Gasteiger partial charge is 0.232 e. The molecule has 0 saturated carbocycles. The quantitative estimate of drug-likeness (QED) is 0.706. The third kappa shape index (κ3) is 2.95. The first-order valence-electron chi connectivity index (χ1n) is 5.89. The molecule has 100 valence electrons. The summed E-state index contributed by atoms with van der Waals surface area (Å²) in [6.07, 6.45) is 0. The van der Waals surface area contributed by atoms with Gasteiger partial charge in [-0.25, -0.2) is 14.4 Å². The monoisotopic (exact) mass is 342 g/mol. The van der Waals surface area contributed by atoms with Gasteiger partial charge in [0.1, 0.15) is 11.0 Å². The molecule has 0 saturated heterocycles. The zero-order chi connectivity index (χ0) is 14.2. The highest BCUT2D eigenvalue weighted by molar-refractivity contribution is 9.10. The summed E-state index contributed by atoms with van der Waals surface area (Å²) in [4.78, 5) is 8.66. The standard InChI is InChI=1S/C14H13BrClFN2/c1-7(2)12-11(15)13(16)19-14(18-12)9-5-4-8(3)10(17)6-9/h4-7H,1-3H3. The average molecular weight is 344 g/mol. The van der Waals surface area contributed by atoms with Crippen LogP contribution in [0.2, 0.25) is 5.15 Å². The van der Waals surface area contributed by atoms with E-state index in [-0.39, 0.29) is 11.7 Å². The maximum absolute atomic E-state index is 13.6. The fraction of sp³-hybridized carbons (Fsp3) is 0.286. The number of nitrogens with zero attached hydrogens (tertiary/aromatic N) is 2. The second kappa shape index (κ2) is 5.55. The van der Waals surface area contributed by atoms with Crippen molar-refractivity contribution in [3.63, 3.8) is 0 Å². The lowest BCUT2D eigenvalue weighted by Crippen LogP contribution is -2.00. The number of aryl methyl sites for hydroxylation is 1. The second-order valence-electron chi connectivity index (χ2n) is 4.66. The van der Waals surface area contributed by atoms with Gasteiger partial charge in [-0.1, -0.05) is 37.6 Å². The summed E-state index contributed by atoms with van der Waals surface area (Å²) in [5.74, 6) is 0.367. The molecule has 0 aliphatic carbocycles. The Labute approximate surface area is 125 Å². The lowest BCUT2D eigenvalue weighted by atomic mass is 10.1. The molecule has 0 amide bonds. The van der Waals surface area contributed by atoms with Crippen LogP contribution in [0.25, 0.3) is 11.4 Å². The molecule has 0 radical (unpaired) electrons.